The Bertz CT molecular complexity index is 958. The average molecular weight is 390 g/mol. The van der Waals surface area contributed by atoms with E-state index in [0.29, 0.717) is 16.9 Å². The van der Waals surface area contributed by atoms with Crippen LogP contribution in [-0.4, -0.2) is 42.5 Å². The molecule has 0 atom stereocenters. The van der Waals surface area contributed by atoms with Crippen LogP contribution < -0.4 is 10.2 Å². The molecule has 0 spiro atoms. The Morgan fingerprint density at radius 2 is 1.76 bits per heavy atom. The van der Waals surface area contributed by atoms with Crippen LogP contribution in [0.3, 0.4) is 0 Å². The summed E-state index contributed by atoms with van der Waals surface area (Å²) in [6.07, 6.45) is 6.14. The van der Waals surface area contributed by atoms with E-state index in [0.717, 1.165) is 18.7 Å². The number of ether oxygens (including phenoxy) is 1. The smallest absolute Gasteiger partial charge is 0.337 e. The molecule has 0 fully saturated rings. The molecule has 29 heavy (non-hydrogen) atoms. The number of methoxy groups -OCH3 is 1. The molecule has 0 saturated heterocycles. The number of amides is 1. The van der Waals surface area contributed by atoms with Crippen LogP contribution >= 0.6 is 0 Å². The molecule has 2 heterocycles. The van der Waals surface area contributed by atoms with Crippen molar-refractivity contribution in [1.29, 1.82) is 0 Å². The van der Waals surface area contributed by atoms with Gasteiger partial charge in [0.15, 0.2) is 0 Å². The number of hydrogen-bond acceptors (Lipinski definition) is 6. The lowest BCUT2D eigenvalue weighted by Gasteiger charge is -2.19. The molecule has 1 amide bonds. The fourth-order valence-corrected chi connectivity index (χ4v) is 2.72. The third kappa shape index (κ3) is 5.38. The zero-order valence-electron chi connectivity index (χ0n) is 16.3. The van der Waals surface area contributed by atoms with E-state index < -0.39 is 5.97 Å². The summed E-state index contributed by atoms with van der Waals surface area (Å²) in [6, 6.07) is 14.0. The van der Waals surface area contributed by atoms with Crippen LogP contribution in [0.15, 0.2) is 67.1 Å². The number of esters is 1. The standard InChI is InChI=1S/C22H22N4O3/c1-26(14-11-16-9-12-23-13-10-16)19-7-8-20(24-15-19)21(27)25-18-5-3-17(4-6-18)22(28)29-2/h3-10,12-13,15H,11,14H2,1-2H3,(H,25,27). The predicted octanol–water partition coefficient (Wildman–Crippen LogP) is 3.19. The first-order chi connectivity index (χ1) is 14.1. The van der Waals surface area contributed by atoms with Crippen LogP contribution in [0, 0.1) is 0 Å². The van der Waals surface area contributed by atoms with Crippen molar-refractivity contribution < 1.29 is 14.3 Å². The van der Waals surface area contributed by atoms with Gasteiger partial charge in [-0.15, -0.1) is 0 Å². The highest BCUT2D eigenvalue weighted by Gasteiger charge is 2.10. The van der Waals surface area contributed by atoms with Crippen molar-refractivity contribution in [1.82, 2.24) is 9.97 Å². The number of nitrogens with zero attached hydrogens (tertiary/aromatic N) is 3. The second-order valence-electron chi connectivity index (χ2n) is 6.45. The maximum absolute atomic E-state index is 12.4. The molecule has 0 unspecified atom stereocenters. The van der Waals surface area contributed by atoms with Crippen molar-refractivity contribution in [2.75, 3.05) is 30.9 Å². The Balaban J connectivity index is 1.57. The highest BCUT2D eigenvalue weighted by atomic mass is 16.5. The summed E-state index contributed by atoms with van der Waals surface area (Å²) in [5.74, 6) is -0.741. The van der Waals surface area contributed by atoms with Gasteiger partial charge in [-0.3, -0.25) is 9.78 Å². The van der Waals surface area contributed by atoms with Gasteiger partial charge in [0, 0.05) is 31.7 Å². The minimum atomic E-state index is -0.423. The third-order valence-corrected chi connectivity index (χ3v) is 4.47. The molecule has 2 aromatic heterocycles. The number of pyridine rings is 2. The van der Waals surface area contributed by atoms with Gasteiger partial charge in [-0.25, -0.2) is 9.78 Å². The van der Waals surface area contributed by atoms with Gasteiger partial charge in [-0.1, -0.05) is 0 Å². The van der Waals surface area contributed by atoms with Gasteiger partial charge >= 0.3 is 5.97 Å². The van der Waals surface area contributed by atoms with Crippen molar-refractivity contribution in [2.24, 2.45) is 0 Å². The van der Waals surface area contributed by atoms with Gasteiger partial charge in [-0.2, -0.15) is 0 Å². The van der Waals surface area contributed by atoms with Crippen LogP contribution in [0.1, 0.15) is 26.4 Å². The Labute approximate surface area is 169 Å². The number of hydrogen-bond donors (Lipinski definition) is 1. The van der Waals surface area contributed by atoms with Crippen LogP contribution in [0.2, 0.25) is 0 Å². The van der Waals surface area contributed by atoms with Crippen molar-refractivity contribution in [2.45, 2.75) is 6.42 Å². The number of benzene rings is 1. The summed E-state index contributed by atoms with van der Waals surface area (Å²) in [5.41, 5.74) is 3.45. The first-order valence-corrected chi connectivity index (χ1v) is 9.12. The fraction of sp³-hybridized carbons (Fsp3) is 0.182. The van der Waals surface area contributed by atoms with Gasteiger partial charge in [0.25, 0.3) is 5.91 Å². The number of nitrogens with one attached hydrogen (secondary N) is 1. The first-order valence-electron chi connectivity index (χ1n) is 9.12. The van der Waals surface area contributed by atoms with Crippen LogP contribution in [0.5, 0.6) is 0 Å². The van der Waals surface area contributed by atoms with Crippen molar-refractivity contribution in [3.05, 3.63) is 83.9 Å². The van der Waals surface area contributed by atoms with Crippen molar-refractivity contribution in [3.63, 3.8) is 0 Å². The van der Waals surface area contributed by atoms with Crippen molar-refractivity contribution >= 4 is 23.3 Å². The fourth-order valence-electron chi connectivity index (χ4n) is 2.72. The zero-order chi connectivity index (χ0) is 20.6. The second-order valence-corrected chi connectivity index (χ2v) is 6.45. The largest absolute Gasteiger partial charge is 0.465 e. The molecule has 148 valence electrons. The van der Waals surface area contributed by atoms with Gasteiger partial charge in [0.05, 0.1) is 24.6 Å². The molecular weight excluding hydrogens is 368 g/mol. The summed E-state index contributed by atoms with van der Waals surface area (Å²) in [5, 5.41) is 2.76. The van der Waals surface area contributed by atoms with E-state index >= 15 is 0 Å². The maximum atomic E-state index is 12.4. The molecule has 0 radical (unpaired) electrons. The van der Waals surface area contributed by atoms with Crippen LogP contribution in [0.4, 0.5) is 11.4 Å². The van der Waals surface area contributed by atoms with Crippen LogP contribution in [-0.2, 0) is 11.2 Å². The van der Waals surface area contributed by atoms with Gasteiger partial charge in [-0.05, 0) is 60.5 Å². The Kier molecular flexibility index (Phi) is 6.52. The summed E-state index contributed by atoms with van der Waals surface area (Å²) < 4.78 is 4.66. The average Bonchev–Trinajstić information content (AvgIpc) is 2.78. The summed E-state index contributed by atoms with van der Waals surface area (Å²) >= 11 is 0. The summed E-state index contributed by atoms with van der Waals surface area (Å²) in [4.78, 5) is 34.2. The summed E-state index contributed by atoms with van der Waals surface area (Å²) in [6.45, 7) is 0.823. The SMILES string of the molecule is COC(=O)c1ccc(NC(=O)c2ccc(N(C)CCc3ccncc3)cn2)cc1. The van der Waals surface area contributed by atoms with Crippen LogP contribution in [0.25, 0.3) is 0 Å². The Morgan fingerprint density at radius 3 is 2.38 bits per heavy atom. The molecule has 0 bridgehead atoms. The van der Waals surface area contributed by atoms with E-state index in [1.54, 1.807) is 48.9 Å². The Morgan fingerprint density at radius 1 is 1.03 bits per heavy atom. The molecule has 0 aliphatic heterocycles. The monoisotopic (exact) mass is 390 g/mol. The zero-order valence-corrected chi connectivity index (χ0v) is 16.3. The van der Waals surface area contributed by atoms with E-state index in [2.05, 4.69) is 24.9 Å². The molecule has 3 rings (SSSR count). The molecule has 0 saturated carbocycles. The summed E-state index contributed by atoms with van der Waals surface area (Å²) in [7, 11) is 3.31. The number of likely N-dealkylation sites (N-methyl/N-ethyl adjacent to an activating group) is 1. The number of carbonyl (C=O) groups is 2. The van der Waals surface area contributed by atoms with E-state index in [9.17, 15) is 9.59 Å². The number of carbonyl (C=O) groups excluding carboxylic acids is 2. The molecule has 3 aromatic rings. The van der Waals surface area contributed by atoms with E-state index in [4.69, 9.17) is 0 Å². The maximum Gasteiger partial charge on any atom is 0.337 e. The van der Waals surface area contributed by atoms with Gasteiger partial charge in [0.2, 0.25) is 0 Å². The highest BCUT2D eigenvalue weighted by Crippen LogP contribution is 2.15. The lowest BCUT2D eigenvalue weighted by Crippen LogP contribution is -2.21. The molecule has 7 nitrogen and oxygen atoms in total. The number of rotatable bonds is 7. The lowest BCUT2D eigenvalue weighted by molar-refractivity contribution is 0.0600. The van der Waals surface area contributed by atoms with E-state index in [-0.39, 0.29) is 5.91 Å². The number of aromatic nitrogens is 2. The van der Waals surface area contributed by atoms with Gasteiger partial charge < -0.3 is 15.0 Å². The molecule has 7 heteroatoms. The number of anilines is 2. The molecule has 0 aliphatic carbocycles. The molecule has 1 aromatic carbocycles. The second kappa shape index (κ2) is 9.45. The highest BCUT2D eigenvalue weighted by molar-refractivity contribution is 6.03. The quantitative estimate of drug-likeness (QED) is 0.624. The van der Waals surface area contributed by atoms with Gasteiger partial charge in [0.1, 0.15) is 5.69 Å². The third-order valence-electron chi connectivity index (χ3n) is 4.47. The lowest BCUT2D eigenvalue weighted by atomic mass is 10.2. The molecule has 0 aliphatic rings. The Hall–Kier alpha value is -3.74. The molecule has 1 N–H and O–H groups in total. The minimum absolute atomic E-state index is 0.313. The topological polar surface area (TPSA) is 84.4 Å². The first kappa shape index (κ1) is 20.0. The minimum Gasteiger partial charge on any atom is -0.465 e. The normalized spacial score (nSPS) is 10.3. The van der Waals surface area contributed by atoms with E-state index in [1.807, 2.05) is 25.2 Å². The molecular formula is C22H22N4O3. The van der Waals surface area contributed by atoms with E-state index in [1.165, 1.54) is 12.7 Å². The predicted molar refractivity (Wildman–Crippen MR) is 111 cm³/mol. The van der Waals surface area contributed by atoms with Crippen molar-refractivity contribution in [3.8, 4) is 0 Å².